The van der Waals surface area contributed by atoms with Crippen LogP contribution in [0.5, 0.6) is 0 Å². The number of aryl methyl sites for hydroxylation is 1. The lowest BCUT2D eigenvalue weighted by atomic mass is 10.1. The highest BCUT2D eigenvalue weighted by Gasteiger charge is 2.09. The number of aromatic nitrogens is 1. The van der Waals surface area contributed by atoms with Gasteiger partial charge in [0.1, 0.15) is 5.01 Å². The second-order valence-electron chi connectivity index (χ2n) is 5.99. The van der Waals surface area contributed by atoms with Crippen LogP contribution in [-0.4, -0.2) is 28.8 Å². The normalized spacial score (nSPS) is 12.2. The number of thiazole rings is 1. The molecule has 1 aromatic carbocycles. The van der Waals surface area contributed by atoms with Gasteiger partial charge >= 0.3 is 6.03 Å². The molecule has 1 unspecified atom stereocenters. The maximum atomic E-state index is 11.8. The van der Waals surface area contributed by atoms with E-state index < -0.39 is 6.10 Å². The molecule has 0 bridgehead atoms. The Hall–Kier alpha value is -1.92. The minimum absolute atomic E-state index is 0.250. The van der Waals surface area contributed by atoms with Gasteiger partial charge in [-0.25, -0.2) is 9.78 Å². The Labute approximate surface area is 140 Å². The number of nitrogens with one attached hydrogen (secondary N) is 2. The number of rotatable bonds is 6. The summed E-state index contributed by atoms with van der Waals surface area (Å²) in [7, 11) is 0. The van der Waals surface area contributed by atoms with Crippen LogP contribution in [0.15, 0.2) is 29.6 Å². The number of anilines is 1. The van der Waals surface area contributed by atoms with Crippen LogP contribution in [-0.2, 0) is 0 Å². The summed E-state index contributed by atoms with van der Waals surface area (Å²) in [5.74, 6) is 0.400. The fourth-order valence-electron chi connectivity index (χ4n) is 2.20. The number of amides is 2. The molecule has 0 aliphatic rings. The first kappa shape index (κ1) is 17.4. The van der Waals surface area contributed by atoms with Crippen LogP contribution < -0.4 is 10.6 Å². The fraction of sp³-hybridized carbons (Fsp3) is 0.412. The summed E-state index contributed by atoms with van der Waals surface area (Å²) < 4.78 is 0. The first-order valence-electron chi connectivity index (χ1n) is 7.69. The fourth-order valence-corrected chi connectivity index (χ4v) is 3.00. The third-order valence-electron chi connectivity index (χ3n) is 3.25. The molecule has 6 heteroatoms. The zero-order valence-corrected chi connectivity index (χ0v) is 14.5. The lowest BCUT2D eigenvalue weighted by Gasteiger charge is -2.14. The maximum absolute atomic E-state index is 11.8. The van der Waals surface area contributed by atoms with Gasteiger partial charge in [-0.2, -0.15) is 0 Å². The molecule has 2 amide bonds. The molecule has 0 saturated heterocycles. The van der Waals surface area contributed by atoms with Crippen molar-refractivity contribution in [2.45, 2.75) is 33.3 Å². The third-order valence-corrected chi connectivity index (χ3v) is 4.26. The molecule has 0 aliphatic carbocycles. The molecule has 124 valence electrons. The number of aliphatic hydroxyl groups is 1. The van der Waals surface area contributed by atoms with E-state index in [0.29, 0.717) is 18.0 Å². The quantitative estimate of drug-likeness (QED) is 0.755. The number of nitrogens with zero attached hydrogens (tertiary/aromatic N) is 1. The Morgan fingerprint density at radius 2 is 2.00 bits per heavy atom. The van der Waals surface area contributed by atoms with Crippen molar-refractivity contribution in [2.24, 2.45) is 5.92 Å². The van der Waals surface area contributed by atoms with Gasteiger partial charge in [-0.05, 0) is 43.5 Å². The molecule has 0 radical (unpaired) electrons. The lowest BCUT2D eigenvalue weighted by Crippen LogP contribution is -2.35. The average Bonchev–Trinajstić information content (AvgIpc) is 2.92. The van der Waals surface area contributed by atoms with Crippen LogP contribution in [0.3, 0.4) is 0 Å². The lowest BCUT2D eigenvalue weighted by molar-refractivity contribution is 0.148. The van der Waals surface area contributed by atoms with E-state index in [2.05, 4.69) is 15.6 Å². The van der Waals surface area contributed by atoms with Crippen LogP contribution in [0, 0.1) is 12.8 Å². The molecular weight excluding hydrogens is 310 g/mol. The Kier molecular flexibility index (Phi) is 6.12. The highest BCUT2D eigenvalue weighted by atomic mass is 32.1. The van der Waals surface area contributed by atoms with Gasteiger partial charge in [0.2, 0.25) is 0 Å². The SMILES string of the molecule is Cc1csc(-c2ccc(NC(=O)NCC(O)CC(C)C)cc2)n1. The number of hydrogen-bond donors (Lipinski definition) is 3. The molecule has 0 saturated carbocycles. The summed E-state index contributed by atoms with van der Waals surface area (Å²) >= 11 is 1.60. The molecule has 1 atom stereocenters. The van der Waals surface area contributed by atoms with E-state index in [0.717, 1.165) is 16.3 Å². The number of aliphatic hydroxyl groups excluding tert-OH is 1. The van der Waals surface area contributed by atoms with Crippen molar-refractivity contribution >= 4 is 23.1 Å². The van der Waals surface area contributed by atoms with Crippen molar-refractivity contribution in [3.8, 4) is 10.6 Å². The first-order chi connectivity index (χ1) is 10.9. The van der Waals surface area contributed by atoms with Crippen molar-refractivity contribution in [2.75, 3.05) is 11.9 Å². The van der Waals surface area contributed by atoms with Crippen molar-refractivity contribution in [3.63, 3.8) is 0 Å². The molecule has 1 heterocycles. The Balaban J connectivity index is 1.84. The van der Waals surface area contributed by atoms with E-state index in [9.17, 15) is 9.90 Å². The summed E-state index contributed by atoms with van der Waals surface area (Å²) in [5.41, 5.74) is 2.74. The molecule has 2 aromatic rings. The highest BCUT2D eigenvalue weighted by molar-refractivity contribution is 7.13. The van der Waals surface area contributed by atoms with Crippen LogP contribution in [0.25, 0.3) is 10.6 Å². The smallest absolute Gasteiger partial charge is 0.319 e. The van der Waals surface area contributed by atoms with Gasteiger partial charge < -0.3 is 15.7 Å². The molecule has 1 aromatic heterocycles. The number of hydrogen-bond acceptors (Lipinski definition) is 4. The summed E-state index contributed by atoms with van der Waals surface area (Å²) in [6.45, 7) is 6.29. The Bertz CT molecular complexity index is 638. The zero-order chi connectivity index (χ0) is 16.8. The number of carbonyl (C=O) groups excluding carboxylic acids is 1. The van der Waals surface area contributed by atoms with Gasteiger partial charge in [-0.1, -0.05) is 13.8 Å². The summed E-state index contributed by atoms with van der Waals surface area (Å²) in [6, 6.07) is 7.24. The van der Waals surface area contributed by atoms with Gasteiger partial charge in [0.25, 0.3) is 0 Å². The third kappa shape index (κ3) is 5.65. The van der Waals surface area contributed by atoms with Crippen LogP contribution in [0.1, 0.15) is 26.0 Å². The summed E-state index contributed by atoms with van der Waals surface area (Å²) in [6.07, 6.45) is 0.152. The van der Waals surface area contributed by atoms with Gasteiger partial charge in [0.15, 0.2) is 0 Å². The molecule has 0 aliphatic heterocycles. The minimum atomic E-state index is -0.517. The highest BCUT2D eigenvalue weighted by Crippen LogP contribution is 2.24. The maximum Gasteiger partial charge on any atom is 0.319 e. The molecule has 0 fully saturated rings. The second kappa shape index (κ2) is 8.08. The number of carbonyl (C=O) groups is 1. The van der Waals surface area contributed by atoms with Gasteiger partial charge in [0, 0.05) is 28.9 Å². The summed E-state index contributed by atoms with van der Waals surface area (Å²) in [4.78, 5) is 16.3. The number of benzene rings is 1. The first-order valence-corrected chi connectivity index (χ1v) is 8.57. The van der Waals surface area contributed by atoms with Crippen LogP contribution in [0.2, 0.25) is 0 Å². The van der Waals surface area contributed by atoms with Gasteiger partial charge in [-0.3, -0.25) is 0 Å². The van der Waals surface area contributed by atoms with Crippen molar-refractivity contribution in [1.82, 2.24) is 10.3 Å². The van der Waals surface area contributed by atoms with Crippen LogP contribution in [0.4, 0.5) is 10.5 Å². The zero-order valence-electron chi connectivity index (χ0n) is 13.7. The monoisotopic (exact) mass is 333 g/mol. The van der Waals surface area contributed by atoms with Crippen molar-refractivity contribution in [1.29, 1.82) is 0 Å². The van der Waals surface area contributed by atoms with Crippen LogP contribution >= 0.6 is 11.3 Å². The van der Waals surface area contributed by atoms with E-state index in [1.807, 2.05) is 50.4 Å². The number of urea groups is 1. The topological polar surface area (TPSA) is 74.2 Å². The largest absolute Gasteiger partial charge is 0.391 e. The van der Waals surface area contributed by atoms with E-state index >= 15 is 0 Å². The molecule has 3 N–H and O–H groups in total. The van der Waals surface area contributed by atoms with Crippen molar-refractivity contribution in [3.05, 3.63) is 35.3 Å². The van der Waals surface area contributed by atoms with Crippen molar-refractivity contribution < 1.29 is 9.90 Å². The predicted molar refractivity (Wildman–Crippen MR) is 94.8 cm³/mol. The van der Waals surface area contributed by atoms with Gasteiger partial charge in [0.05, 0.1) is 6.10 Å². The molecule has 2 rings (SSSR count). The van der Waals surface area contributed by atoms with E-state index in [-0.39, 0.29) is 12.6 Å². The Morgan fingerprint density at radius 3 is 2.57 bits per heavy atom. The Morgan fingerprint density at radius 1 is 1.30 bits per heavy atom. The van der Waals surface area contributed by atoms with E-state index in [1.165, 1.54) is 0 Å². The minimum Gasteiger partial charge on any atom is -0.391 e. The molecule has 23 heavy (non-hydrogen) atoms. The van der Waals surface area contributed by atoms with Gasteiger partial charge in [-0.15, -0.1) is 11.3 Å². The van der Waals surface area contributed by atoms with E-state index in [4.69, 9.17) is 0 Å². The molecular formula is C17H23N3O2S. The average molecular weight is 333 g/mol. The van der Waals surface area contributed by atoms with E-state index in [1.54, 1.807) is 11.3 Å². The predicted octanol–water partition coefficient (Wildman–Crippen LogP) is 3.65. The second-order valence-corrected chi connectivity index (χ2v) is 6.85. The standard InChI is InChI=1S/C17H23N3O2S/c1-11(2)8-15(21)9-18-17(22)20-14-6-4-13(5-7-14)16-19-12(3)10-23-16/h4-7,10-11,15,21H,8-9H2,1-3H3,(H2,18,20,22). The summed E-state index contributed by atoms with van der Waals surface area (Å²) in [5, 5.41) is 18.2. The molecule has 5 nitrogen and oxygen atoms in total. The molecule has 0 spiro atoms.